The number of carbonyl (C=O) groups is 1. The zero-order valence-electron chi connectivity index (χ0n) is 9.62. The molecule has 0 saturated carbocycles. The minimum atomic E-state index is -0.727. The maximum absolute atomic E-state index is 13.4. The molecule has 0 unspecified atom stereocenters. The number of nitrogens with zero attached hydrogens (tertiary/aromatic N) is 3. The number of aromatic nitrogens is 2. The van der Waals surface area contributed by atoms with Crippen LogP contribution in [0.25, 0.3) is 0 Å². The van der Waals surface area contributed by atoms with Crippen LogP contribution in [0.15, 0.2) is 29.0 Å². The van der Waals surface area contributed by atoms with Gasteiger partial charge in [-0.2, -0.15) is 0 Å². The number of benzene rings is 1. The number of carbonyl (C=O) groups excluding carboxylic acids is 1. The fourth-order valence-electron chi connectivity index (χ4n) is 1.28. The van der Waals surface area contributed by atoms with Crippen LogP contribution in [0.2, 0.25) is 0 Å². The maximum atomic E-state index is 13.4. The lowest BCUT2D eigenvalue weighted by molar-refractivity contribution is -0.385. The largest absolute Gasteiger partial charge is 0.417 e. The van der Waals surface area contributed by atoms with Crippen LogP contribution in [0.3, 0.4) is 0 Å². The van der Waals surface area contributed by atoms with Crippen LogP contribution in [-0.4, -0.2) is 21.2 Å². The number of nitro benzene ring substituents is 1. The molecule has 2 rings (SSSR count). The summed E-state index contributed by atoms with van der Waals surface area (Å²) in [5, 5.41) is 10.9. The Bertz CT molecular complexity index is 678. The summed E-state index contributed by atoms with van der Waals surface area (Å²) in [5.74, 6) is -1.07. The van der Waals surface area contributed by atoms with Crippen molar-refractivity contribution < 1.29 is 18.8 Å². The average Bonchev–Trinajstić information content (AvgIpc) is 2.43. The molecular weight excluding hydrogens is 337 g/mol. The Morgan fingerprint density at radius 1 is 1.35 bits per heavy atom. The summed E-state index contributed by atoms with van der Waals surface area (Å²) in [7, 11) is 0. The molecule has 0 saturated heterocycles. The van der Waals surface area contributed by atoms with E-state index in [1.807, 2.05) is 0 Å². The van der Waals surface area contributed by atoms with Gasteiger partial charge >= 0.3 is 11.7 Å². The third kappa shape index (κ3) is 2.94. The summed E-state index contributed by atoms with van der Waals surface area (Å²) in [6.45, 7) is 0. The molecule has 0 fully saturated rings. The van der Waals surface area contributed by atoms with Gasteiger partial charge in [0.2, 0.25) is 5.75 Å². The van der Waals surface area contributed by atoms with E-state index in [4.69, 9.17) is 4.74 Å². The second-order valence-electron chi connectivity index (χ2n) is 3.51. The predicted octanol–water partition coefficient (Wildman–Crippen LogP) is 2.89. The first-order chi connectivity index (χ1) is 9.51. The van der Waals surface area contributed by atoms with Crippen molar-refractivity contribution in [3.8, 4) is 11.8 Å². The molecule has 20 heavy (non-hydrogen) atoms. The summed E-state index contributed by atoms with van der Waals surface area (Å²) in [6.07, 6.45) is 2.89. The standard InChI is InChI=1S/C11H5BrFN3O4/c12-7-1-9(16(18)19)10(2-8(7)13)20-11-14-3-6(5-17)4-15-11/h1-5H. The Kier molecular flexibility index (Phi) is 3.99. The third-order valence-corrected chi connectivity index (χ3v) is 2.79. The number of hydrogen-bond donors (Lipinski definition) is 0. The van der Waals surface area contributed by atoms with Gasteiger partial charge in [-0.3, -0.25) is 14.9 Å². The summed E-state index contributed by atoms with van der Waals surface area (Å²) >= 11 is 2.85. The Morgan fingerprint density at radius 2 is 2.00 bits per heavy atom. The van der Waals surface area contributed by atoms with Crippen molar-refractivity contribution in [2.45, 2.75) is 0 Å². The van der Waals surface area contributed by atoms with E-state index in [1.165, 1.54) is 12.4 Å². The van der Waals surface area contributed by atoms with Gasteiger partial charge < -0.3 is 4.74 Å². The van der Waals surface area contributed by atoms with Crippen molar-refractivity contribution in [2.75, 3.05) is 0 Å². The third-order valence-electron chi connectivity index (χ3n) is 2.18. The highest BCUT2D eigenvalue weighted by Crippen LogP contribution is 2.34. The molecule has 2 aromatic rings. The van der Waals surface area contributed by atoms with Crippen LogP contribution < -0.4 is 4.74 Å². The molecule has 0 bridgehead atoms. The number of rotatable bonds is 4. The molecular formula is C11H5BrFN3O4. The van der Waals surface area contributed by atoms with E-state index in [9.17, 15) is 19.3 Å². The Hall–Kier alpha value is -2.42. The lowest BCUT2D eigenvalue weighted by Crippen LogP contribution is -1.98. The van der Waals surface area contributed by atoms with Gasteiger partial charge in [-0.05, 0) is 15.9 Å². The minimum Gasteiger partial charge on any atom is -0.417 e. The average molecular weight is 342 g/mol. The second-order valence-corrected chi connectivity index (χ2v) is 4.36. The number of nitro groups is 1. The molecule has 0 aliphatic carbocycles. The van der Waals surface area contributed by atoms with Gasteiger partial charge in [0.1, 0.15) is 5.82 Å². The molecule has 1 aromatic heterocycles. The highest BCUT2D eigenvalue weighted by atomic mass is 79.9. The zero-order valence-corrected chi connectivity index (χ0v) is 11.2. The summed E-state index contributed by atoms with van der Waals surface area (Å²) in [6, 6.07) is 1.59. The van der Waals surface area contributed by atoms with E-state index in [1.54, 1.807) is 0 Å². The van der Waals surface area contributed by atoms with E-state index in [-0.39, 0.29) is 21.8 Å². The molecule has 0 aliphatic heterocycles. The van der Waals surface area contributed by atoms with Crippen molar-refractivity contribution in [3.63, 3.8) is 0 Å². The Labute approximate surface area is 119 Å². The first-order valence-corrected chi connectivity index (χ1v) is 5.89. The van der Waals surface area contributed by atoms with E-state index >= 15 is 0 Å². The fraction of sp³-hybridized carbons (Fsp3) is 0. The molecule has 0 spiro atoms. The summed E-state index contributed by atoms with van der Waals surface area (Å²) in [4.78, 5) is 27.9. The Morgan fingerprint density at radius 3 is 2.55 bits per heavy atom. The number of hydrogen-bond acceptors (Lipinski definition) is 6. The molecule has 0 radical (unpaired) electrons. The van der Waals surface area contributed by atoms with E-state index < -0.39 is 16.4 Å². The zero-order chi connectivity index (χ0) is 14.7. The van der Waals surface area contributed by atoms with Crippen molar-refractivity contribution in [2.24, 2.45) is 0 Å². The SMILES string of the molecule is O=Cc1cnc(Oc2cc(F)c(Br)cc2[N+](=O)[O-])nc1. The molecule has 0 amide bonds. The van der Waals surface area contributed by atoms with Gasteiger partial charge in [-0.15, -0.1) is 0 Å². The van der Waals surface area contributed by atoms with Crippen molar-refractivity contribution in [1.82, 2.24) is 9.97 Å². The van der Waals surface area contributed by atoms with Crippen molar-refractivity contribution >= 4 is 27.9 Å². The summed E-state index contributed by atoms with van der Waals surface area (Å²) < 4.78 is 18.4. The van der Waals surface area contributed by atoms with Crippen LogP contribution in [0.5, 0.6) is 11.8 Å². The quantitative estimate of drug-likeness (QED) is 0.482. The van der Waals surface area contributed by atoms with Crippen molar-refractivity contribution in [1.29, 1.82) is 0 Å². The van der Waals surface area contributed by atoms with Crippen molar-refractivity contribution in [3.05, 3.63) is 50.5 Å². The van der Waals surface area contributed by atoms with Gasteiger partial charge in [0.15, 0.2) is 6.29 Å². The first kappa shape index (κ1) is 14.0. The van der Waals surface area contributed by atoms with E-state index in [2.05, 4.69) is 25.9 Å². The van der Waals surface area contributed by atoms with Gasteiger partial charge in [0.05, 0.1) is 15.0 Å². The number of aldehydes is 1. The fourth-order valence-corrected chi connectivity index (χ4v) is 1.61. The molecule has 0 aliphatic rings. The highest BCUT2D eigenvalue weighted by Gasteiger charge is 2.20. The van der Waals surface area contributed by atoms with Gasteiger partial charge in [-0.1, -0.05) is 0 Å². The molecule has 7 nitrogen and oxygen atoms in total. The summed E-state index contributed by atoms with van der Waals surface area (Å²) in [5.41, 5.74) is -0.227. The topological polar surface area (TPSA) is 95.2 Å². The van der Waals surface area contributed by atoms with Gasteiger partial charge in [-0.25, -0.2) is 14.4 Å². The molecule has 102 valence electrons. The molecule has 0 atom stereocenters. The lowest BCUT2D eigenvalue weighted by atomic mass is 10.3. The lowest BCUT2D eigenvalue weighted by Gasteiger charge is -2.05. The molecule has 1 aromatic carbocycles. The number of ether oxygens (including phenoxy) is 1. The maximum Gasteiger partial charge on any atom is 0.322 e. The highest BCUT2D eigenvalue weighted by molar-refractivity contribution is 9.10. The molecule has 0 N–H and O–H groups in total. The minimum absolute atomic E-state index is 0.0613. The number of halogens is 2. The van der Waals surface area contributed by atoms with E-state index in [0.717, 1.165) is 12.1 Å². The second kappa shape index (κ2) is 5.70. The van der Waals surface area contributed by atoms with Gasteiger partial charge in [0.25, 0.3) is 0 Å². The van der Waals surface area contributed by atoms with Crippen LogP contribution in [-0.2, 0) is 0 Å². The van der Waals surface area contributed by atoms with Crippen LogP contribution in [0.4, 0.5) is 10.1 Å². The van der Waals surface area contributed by atoms with Gasteiger partial charge in [0, 0.05) is 24.5 Å². The Balaban J connectivity index is 2.38. The molecule has 9 heteroatoms. The van der Waals surface area contributed by atoms with Crippen LogP contribution in [0, 0.1) is 15.9 Å². The molecule has 1 heterocycles. The first-order valence-electron chi connectivity index (χ1n) is 5.10. The van der Waals surface area contributed by atoms with E-state index in [0.29, 0.717) is 6.29 Å². The van der Waals surface area contributed by atoms with Crippen LogP contribution in [0.1, 0.15) is 10.4 Å². The predicted molar refractivity (Wildman–Crippen MR) is 68.2 cm³/mol. The smallest absolute Gasteiger partial charge is 0.322 e. The monoisotopic (exact) mass is 341 g/mol. The van der Waals surface area contributed by atoms with Crippen LogP contribution >= 0.6 is 15.9 Å². The normalized spacial score (nSPS) is 10.1.